The molecule has 2 atom stereocenters. The summed E-state index contributed by atoms with van der Waals surface area (Å²) in [7, 11) is -5.57. The number of nitro benzene ring substituents is 1. The SMILES string of the molecule is CN(C(=O)[C@H]1CCCN(S(=O)(=O)c2cccc([N+](=O)[O-])c2)C1)[C@@H]1CCS(=O)(=O)C1. The number of non-ortho nitro benzene ring substituents is 1. The minimum absolute atomic E-state index is 0.0341. The van der Waals surface area contributed by atoms with Crippen LogP contribution in [0.5, 0.6) is 0 Å². The molecule has 0 aliphatic carbocycles. The molecule has 2 saturated heterocycles. The number of hydrogen-bond acceptors (Lipinski definition) is 7. The van der Waals surface area contributed by atoms with Crippen molar-refractivity contribution in [3.63, 3.8) is 0 Å². The van der Waals surface area contributed by atoms with Crippen molar-refractivity contribution >= 4 is 31.5 Å². The fraction of sp³-hybridized carbons (Fsp3) is 0.588. The van der Waals surface area contributed by atoms with Crippen LogP contribution in [-0.2, 0) is 24.7 Å². The van der Waals surface area contributed by atoms with Crippen molar-refractivity contribution in [3.05, 3.63) is 34.4 Å². The molecule has 160 valence electrons. The number of nitrogens with zero attached hydrogens (tertiary/aromatic N) is 3. The summed E-state index contributed by atoms with van der Waals surface area (Å²) in [6.07, 6.45) is 1.36. The van der Waals surface area contributed by atoms with Crippen LogP contribution < -0.4 is 0 Å². The van der Waals surface area contributed by atoms with Crippen LogP contribution in [0.4, 0.5) is 5.69 Å². The average molecular weight is 446 g/mol. The third-order valence-corrected chi connectivity index (χ3v) is 9.11. The van der Waals surface area contributed by atoms with Gasteiger partial charge in [-0.3, -0.25) is 14.9 Å². The first-order valence-electron chi connectivity index (χ1n) is 9.23. The molecule has 0 radical (unpaired) electrons. The lowest BCUT2D eigenvalue weighted by atomic mass is 9.97. The van der Waals surface area contributed by atoms with Gasteiger partial charge in [0.05, 0.1) is 27.2 Å². The number of amides is 1. The molecule has 12 heteroatoms. The lowest BCUT2D eigenvalue weighted by molar-refractivity contribution is -0.385. The van der Waals surface area contributed by atoms with Gasteiger partial charge in [0.2, 0.25) is 15.9 Å². The predicted molar refractivity (Wildman–Crippen MR) is 104 cm³/mol. The Morgan fingerprint density at radius 1 is 1.31 bits per heavy atom. The molecule has 2 fully saturated rings. The number of nitro groups is 1. The molecule has 0 bridgehead atoms. The van der Waals surface area contributed by atoms with Crippen molar-refractivity contribution in [2.45, 2.75) is 30.2 Å². The van der Waals surface area contributed by atoms with Crippen LogP contribution in [-0.4, -0.2) is 74.6 Å². The summed E-state index contributed by atoms with van der Waals surface area (Å²) in [5.74, 6) is -0.873. The Kier molecular flexibility index (Phi) is 5.97. The summed E-state index contributed by atoms with van der Waals surface area (Å²) < 4.78 is 50.4. The number of carbonyl (C=O) groups excluding carboxylic acids is 1. The topological polar surface area (TPSA) is 135 Å². The molecule has 1 aromatic rings. The summed E-state index contributed by atoms with van der Waals surface area (Å²) in [6.45, 7) is 0.185. The van der Waals surface area contributed by atoms with Crippen molar-refractivity contribution in [1.82, 2.24) is 9.21 Å². The molecule has 0 spiro atoms. The fourth-order valence-electron chi connectivity index (χ4n) is 3.82. The maximum absolute atomic E-state index is 12.9. The maximum atomic E-state index is 12.9. The second kappa shape index (κ2) is 8.00. The normalized spacial score (nSPS) is 24.9. The Morgan fingerprint density at radius 2 is 2.03 bits per heavy atom. The van der Waals surface area contributed by atoms with E-state index in [0.29, 0.717) is 19.3 Å². The van der Waals surface area contributed by atoms with Gasteiger partial charge in [-0.25, -0.2) is 16.8 Å². The van der Waals surface area contributed by atoms with Crippen LogP contribution in [0.2, 0.25) is 0 Å². The second-order valence-electron chi connectivity index (χ2n) is 7.46. The maximum Gasteiger partial charge on any atom is 0.270 e. The highest BCUT2D eigenvalue weighted by Crippen LogP contribution is 2.28. The van der Waals surface area contributed by atoms with Gasteiger partial charge in [0.1, 0.15) is 0 Å². The molecule has 0 N–H and O–H groups in total. The van der Waals surface area contributed by atoms with E-state index in [1.165, 1.54) is 27.4 Å². The summed E-state index contributed by atoms with van der Waals surface area (Å²) in [6, 6.07) is 4.44. The molecule has 2 aliphatic heterocycles. The van der Waals surface area contributed by atoms with Crippen LogP contribution in [0, 0.1) is 16.0 Å². The first kappa shape index (κ1) is 21.7. The molecule has 2 aliphatic rings. The van der Waals surface area contributed by atoms with Crippen molar-refractivity contribution in [3.8, 4) is 0 Å². The monoisotopic (exact) mass is 445 g/mol. The van der Waals surface area contributed by atoms with Crippen molar-refractivity contribution in [2.75, 3.05) is 31.6 Å². The first-order chi connectivity index (χ1) is 13.5. The number of benzene rings is 1. The molecule has 10 nitrogen and oxygen atoms in total. The van der Waals surface area contributed by atoms with Crippen LogP contribution >= 0.6 is 0 Å². The van der Waals surface area contributed by atoms with Gasteiger partial charge in [-0.05, 0) is 25.3 Å². The van der Waals surface area contributed by atoms with Crippen molar-refractivity contribution in [2.24, 2.45) is 5.92 Å². The van der Waals surface area contributed by atoms with E-state index in [2.05, 4.69) is 0 Å². The van der Waals surface area contributed by atoms with Crippen LogP contribution in [0.1, 0.15) is 19.3 Å². The summed E-state index contributed by atoms with van der Waals surface area (Å²) in [4.78, 5) is 24.4. The summed E-state index contributed by atoms with van der Waals surface area (Å²) in [5.41, 5.74) is -0.321. The summed E-state index contributed by atoms with van der Waals surface area (Å²) >= 11 is 0. The molecule has 2 heterocycles. The Morgan fingerprint density at radius 3 is 2.66 bits per heavy atom. The lowest BCUT2D eigenvalue weighted by Gasteiger charge is -2.34. The minimum atomic E-state index is -3.99. The Hall–Kier alpha value is -2.05. The average Bonchev–Trinajstić information content (AvgIpc) is 3.06. The minimum Gasteiger partial charge on any atom is -0.341 e. The number of sulfonamides is 1. The second-order valence-corrected chi connectivity index (χ2v) is 11.6. The number of sulfone groups is 1. The largest absolute Gasteiger partial charge is 0.341 e. The third-order valence-electron chi connectivity index (χ3n) is 5.50. The van der Waals surface area contributed by atoms with Gasteiger partial charge in [0, 0.05) is 38.3 Å². The van der Waals surface area contributed by atoms with Crippen molar-refractivity contribution in [1.29, 1.82) is 0 Å². The highest BCUT2D eigenvalue weighted by molar-refractivity contribution is 7.91. The quantitative estimate of drug-likeness (QED) is 0.479. The van der Waals surface area contributed by atoms with E-state index < -0.39 is 36.7 Å². The van der Waals surface area contributed by atoms with Gasteiger partial charge >= 0.3 is 0 Å². The molecule has 0 saturated carbocycles. The zero-order valence-electron chi connectivity index (χ0n) is 15.9. The standard InChI is InChI=1S/C17H23N3O7S2/c1-18(15-7-9-28(24,25)12-15)17(21)13-4-3-8-19(11-13)29(26,27)16-6-2-5-14(10-16)20(22)23/h2,5-6,10,13,15H,3-4,7-9,11-12H2,1H3/t13-,15+/m0/s1. The van der Waals surface area contributed by atoms with E-state index in [0.717, 1.165) is 6.07 Å². The Balaban J connectivity index is 1.75. The van der Waals surface area contributed by atoms with E-state index >= 15 is 0 Å². The van der Waals surface area contributed by atoms with E-state index in [9.17, 15) is 31.7 Å². The van der Waals surface area contributed by atoms with Gasteiger partial charge in [-0.1, -0.05) is 6.07 Å². The van der Waals surface area contributed by atoms with Gasteiger partial charge in [-0.15, -0.1) is 0 Å². The highest BCUT2D eigenvalue weighted by Gasteiger charge is 2.38. The highest BCUT2D eigenvalue weighted by atomic mass is 32.2. The predicted octanol–water partition coefficient (Wildman–Crippen LogP) is 0.641. The first-order valence-corrected chi connectivity index (χ1v) is 12.5. The molecule has 1 aromatic carbocycles. The third kappa shape index (κ3) is 4.59. The zero-order valence-corrected chi connectivity index (χ0v) is 17.6. The number of rotatable bonds is 5. The van der Waals surface area contributed by atoms with Crippen LogP contribution in [0.3, 0.4) is 0 Å². The van der Waals surface area contributed by atoms with Gasteiger partial charge in [-0.2, -0.15) is 4.31 Å². The van der Waals surface area contributed by atoms with E-state index in [4.69, 9.17) is 0 Å². The van der Waals surface area contributed by atoms with Crippen LogP contribution in [0.15, 0.2) is 29.2 Å². The molecule has 3 rings (SSSR count). The number of carbonyl (C=O) groups is 1. The molecular weight excluding hydrogens is 422 g/mol. The van der Waals surface area contributed by atoms with E-state index in [1.807, 2.05) is 0 Å². The molecule has 0 aromatic heterocycles. The Labute approximate surface area is 169 Å². The molecule has 29 heavy (non-hydrogen) atoms. The molecular formula is C17H23N3O7S2. The van der Waals surface area contributed by atoms with Gasteiger partial charge in [0.15, 0.2) is 9.84 Å². The summed E-state index contributed by atoms with van der Waals surface area (Å²) in [5, 5.41) is 10.9. The van der Waals surface area contributed by atoms with E-state index in [-0.39, 0.29) is 41.1 Å². The molecule has 0 unspecified atom stereocenters. The van der Waals surface area contributed by atoms with Gasteiger partial charge < -0.3 is 4.90 Å². The molecule has 1 amide bonds. The smallest absolute Gasteiger partial charge is 0.270 e. The number of hydrogen-bond donors (Lipinski definition) is 0. The zero-order chi connectivity index (χ0) is 21.4. The lowest BCUT2D eigenvalue weighted by Crippen LogP contribution is -2.48. The Bertz CT molecular complexity index is 1020. The van der Waals surface area contributed by atoms with Crippen molar-refractivity contribution < 1.29 is 26.6 Å². The van der Waals surface area contributed by atoms with Crippen LogP contribution in [0.25, 0.3) is 0 Å². The van der Waals surface area contributed by atoms with Gasteiger partial charge in [0.25, 0.3) is 5.69 Å². The van der Waals surface area contributed by atoms with E-state index in [1.54, 1.807) is 7.05 Å². The fourth-order valence-corrected chi connectivity index (χ4v) is 7.16. The number of piperidine rings is 1.